The Balaban J connectivity index is 2.20. The molecule has 0 aliphatic carbocycles. The van der Waals surface area contributed by atoms with Gasteiger partial charge in [-0.3, -0.25) is 4.21 Å². The number of thiazole rings is 1. The van der Waals surface area contributed by atoms with Crippen LogP contribution in [0, 0.1) is 6.92 Å². The van der Waals surface area contributed by atoms with Crippen molar-refractivity contribution in [3.63, 3.8) is 0 Å². The van der Waals surface area contributed by atoms with E-state index in [2.05, 4.69) is 4.98 Å². The molecule has 1 heterocycles. The van der Waals surface area contributed by atoms with Gasteiger partial charge < -0.3 is 10.5 Å². The molecule has 4 nitrogen and oxygen atoms in total. The SMILES string of the molecule is CCOc1ccc(N)c(S(=O)Cc2csc(C)n2)c1. The standard InChI is InChI=1S/C13H16N2O2S2/c1-3-17-11-4-5-12(14)13(6-11)19(16)8-10-7-18-9(2)15-10/h4-7H,3,8,14H2,1-2H3. The van der Waals surface area contributed by atoms with Crippen molar-refractivity contribution in [2.75, 3.05) is 12.3 Å². The minimum atomic E-state index is -1.21. The summed E-state index contributed by atoms with van der Waals surface area (Å²) in [6, 6.07) is 5.26. The van der Waals surface area contributed by atoms with Gasteiger partial charge in [-0.15, -0.1) is 11.3 Å². The zero-order chi connectivity index (χ0) is 13.8. The van der Waals surface area contributed by atoms with Crippen molar-refractivity contribution in [2.24, 2.45) is 0 Å². The zero-order valence-corrected chi connectivity index (χ0v) is 12.5. The molecule has 0 aliphatic heterocycles. The van der Waals surface area contributed by atoms with E-state index in [1.807, 2.05) is 19.2 Å². The van der Waals surface area contributed by atoms with Crippen LogP contribution in [0.25, 0.3) is 0 Å². The van der Waals surface area contributed by atoms with Gasteiger partial charge in [0.15, 0.2) is 0 Å². The van der Waals surface area contributed by atoms with Crippen LogP contribution in [0.5, 0.6) is 5.75 Å². The van der Waals surface area contributed by atoms with Gasteiger partial charge in [0.2, 0.25) is 0 Å². The third kappa shape index (κ3) is 3.54. The van der Waals surface area contributed by atoms with Crippen LogP contribution in [0.1, 0.15) is 17.6 Å². The van der Waals surface area contributed by atoms with Crippen LogP contribution in [-0.2, 0) is 16.6 Å². The summed E-state index contributed by atoms with van der Waals surface area (Å²) in [5, 5.41) is 2.90. The second kappa shape index (κ2) is 6.16. The van der Waals surface area contributed by atoms with Crippen molar-refractivity contribution in [3.05, 3.63) is 34.3 Å². The minimum absolute atomic E-state index is 0.379. The molecule has 0 fully saturated rings. The monoisotopic (exact) mass is 296 g/mol. The fraction of sp³-hybridized carbons (Fsp3) is 0.308. The number of ether oxygens (including phenoxy) is 1. The van der Waals surface area contributed by atoms with E-state index in [0.717, 1.165) is 10.7 Å². The number of rotatable bonds is 5. The first-order valence-corrected chi connectivity index (χ1v) is 8.11. The summed E-state index contributed by atoms with van der Waals surface area (Å²) in [6.07, 6.45) is 0. The summed E-state index contributed by atoms with van der Waals surface area (Å²) in [5.74, 6) is 1.07. The van der Waals surface area contributed by atoms with Gasteiger partial charge in [-0.25, -0.2) is 4.98 Å². The van der Waals surface area contributed by atoms with Crippen LogP contribution in [0.4, 0.5) is 5.69 Å². The Bertz CT molecular complexity index is 596. The minimum Gasteiger partial charge on any atom is -0.494 e. The Morgan fingerprint density at radius 2 is 2.26 bits per heavy atom. The van der Waals surface area contributed by atoms with Crippen LogP contribution < -0.4 is 10.5 Å². The van der Waals surface area contributed by atoms with Crippen LogP contribution in [0.15, 0.2) is 28.5 Å². The molecule has 2 rings (SSSR count). The van der Waals surface area contributed by atoms with Crippen molar-refractivity contribution in [1.82, 2.24) is 4.98 Å². The maximum Gasteiger partial charge on any atom is 0.120 e. The number of hydrogen-bond donors (Lipinski definition) is 1. The highest BCUT2D eigenvalue weighted by atomic mass is 32.2. The number of nitrogens with zero attached hydrogens (tertiary/aromatic N) is 1. The molecule has 0 saturated heterocycles. The molecule has 0 amide bonds. The van der Waals surface area contributed by atoms with E-state index < -0.39 is 10.8 Å². The summed E-state index contributed by atoms with van der Waals surface area (Å²) < 4.78 is 17.7. The Morgan fingerprint density at radius 1 is 1.47 bits per heavy atom. The highest BCUT2D eigenvalue weighted by molar-refractivity contribution is 7.84. The summed E-state index contributed by atoms with van der Waals surface area (Å²) in [5.41, 5.74) is 7.24. The van der Waals surface area contributed by atoms with E-state index in [9.17, 15) is 4.21 Å². The average Bonchev–Trinajstić information content (AvgIpc) is 2.77. The van der Waals surface area contributed by atoms with Gasteiger partial charge >= 0.3 is 0 Å². The van der Waals surface area contributed by atoms with Crippen LogP contribution in [-0.4, -0.2) is 15.8 Å². The number of nitrogen functional groups attached to an aromatic ring is 1. The van der Waals surface area contributed by atoms with E-state index in [-0.39, 0.29) is 0 Å². The molecule has 0 bridgehead atoms. The molecule has 0 aliphatic rings. The highest BCUT2D eigenvalue weighted by Crippen LogP contribution is 2.25. The van der Waals surface area contributed by atoms with Gasteiger partial charge in [0.1, 0.15) is 5.75 Å². The van der Waals surface area contributed by atoms with Gasteiger partial charge in [0.05, 0.1) is 38.8 Å². The van der Waals surface area contributed by atoms with Gasteiger partial charge in [-0.1, -0.05) is 0 Å². The number of aromatic nitrogens is 1. The van der Waals surface area contributed by atoms with Gasteiger partial charge in [-0.05, 0) is 32.0 Å². The first-order valence-electron chi connectivity index (χ1n) is 5.92. The molecular weight excluding hydrogens is 280 g/mol. The Kier molecular flexibility index (Phi) is 4.55. The number of anilines is 1. The molecule has 19 heavy (non-hydrogen) atoms. The first-order chi connectivity index (χ1) is 9.10. The molecule has 0 spiro atoms. The highest BCUT2D eigenvalue weighted by Gasteiger charge is 2.12. The molecule has 1 atom stereocenters. The average molecular weight is 296 g/mol. The van der Waals surface area contributed by atoms with Crippen LogP contribution in [0.2, 0.25) is 0 Å². The molecule has 0 radical (unpaired) electrons. The Hall–Kier alpha value is -1.40. The van der Waals surface area contributed by atoms with E-state index in [0.29, 0.717) is 28.7 Å². The van der Waals surface area contributed by atoms with Crippen LogP contribution in [0.3, 0.4) is 0 Å². The summed E-state index contributed by atoms with van der Waals surface area (Å²) in [7, 11) is -1.21. The molecule has 102 valence electrons. The number of hydrogen-bond acceptors (Lipinski definition) is 5. The summed E-state index contributed by atoms with van der Waals surface area (Å²) in [4.78, 5) is 4.93. The molecule has 2 aromatic rings. The molecule has 1 aromatic carbocycles. The predicted octanol–water partition coefficient (Wildman–Crippen LogP) is 2.74. The Labute approximate surface area is 119 Å². The number of aryl methyl sites for hydroxylation is 1. The maximum absolute atomic E-state index is 12.3. The second-order valence-electron chi connectivity index (χ2n) is 3.98. The lowest BCUT2D eigenvalue weighted by Gasteiger charge is -2.08. The molecule has 1 unspecified atom stereocenters. The van der Waals surface area contributed by atoms with Crippen LogP contribution >= 0.6 is 11.3 Å². The van der Waals surface area contributed by atoms with Crippen molar-refractivity contribution in [1.29, 1.82) is 0 Å². The molecule has 2 N–H and O–H groups in total. The van der Waals surface area contributed by atoms with Crippen molar-refractivity contribution >= 4 is 27.8 Å². The third-order valence-corrected chi connectivity index (χ3v) is 4.71. The lowest BCUT2D eigenvalue weighted by atomic mass is 10.3. The van der Waals surface area contributed by atoms with Crippen molar-refractivity contribution in [2.45, 2.75) is 24.5 Å². The van der Waals surface area contributed by atoms with Gasteiger partial charge in [0, 0.05) is 11.1 Å². The lowest BCUT2D eigenvalue weighted by molar-refractivity contribution is 0.339. The fourth-order valence-corrected chi connectivity index (χ4v) is 3.52. The van der Waals surface area contributed by atoms with Gasteiger partial charge in [-0.2, -0.15) is 0 Å². The van der Waals surface area contributed by atoms with E-state index in [1.165, 1.54) is 0 Å². The molecule has 0 saturated carbocycles. The van der Waals surface area contributed by atoms with E-state index in [4.69, 9.17) is 10.5 Å². The summed E-state index contributed by atoms with van der Waals surface area (Å²) in [6.45, 7) is 4.41. The predicted molar refractivity (Wildman–Crippen MR) is 79.0 cm³/mol. The largest absolute Gasteiger partial charge is 0.494 e. The molecular formula is C13H16N2O2S2. The fourth-order valence-electron chi connectivity index (χ4n) is 1.65. The van der Waals surface area contributed by atoms with Gasteiger partial charge in [0.25, 0.3) is 0 Å². The summed E-state index contributed by atoms with van der Waals surface area (Å²) >= 11 is 1.56. The smallest absolute Gasteiger partial charge is 0.120 e. The zero-order valence-electron chi connectivity index (χ0n) is 10.9. The Morgan fingerprint density at radius 3 is 2.89 bits per heavy atom. The van der Waals surface area contributed by atoms with E-state index >= 15 is 0 Å². The second-order valence-corrected chi connectivity index (χ2v) is 6.46. The lowest BCUT2D eigenvalue weighted by Crippen LogP contribution is -2.02. The number of nitrogens with two attached hydrogens (primary N) is 1. The third-order valence-electron chi connectivity index (χ3n) is 2.49. The first kappa shape index (κ1) is 14.0. The molecule has 6 heteroatoms. The topological polar surface area (TPSA) is 65.2 Å². The van der Waals surface area contributed by atoms with Crippen molar-refractivity contribution < 1.29 is 8.95 Å². The molecule has 1 aromatic heterocycles. The quantitative estimate of drug-likeness (QED) is 0.862. The normalized spacial score (nSPS) is 12.3. The van der Waals surface area contributed by atoms with Crippen molar-refractivity contribution in [3.8, 4) is 5.75 Å². The maximum atomic E-state index is 12.3. The number of benzene rings is 1. The van der Waals surface area contributed by atoms with E-state index in [1.54, 1.807) is 29.5 Å².